The highest BCUT2D eigenvalue weighted by Crippen LogP contribution is 2.46. The molecule has 0 saturated carbocycles. The normalized spacial score (nSPS) is 20.0. The first-order valence-electron chi connectivity index (χ1n) is 8.11. The van der Waals surface area contributed by atoms with Gasteiger partial charge in [0.1, 0.15) is 5.76 Å². The molecule has 2 rings (SSSR count). The van der Waals surface area contributed by atoms with Crippen molar-refractivity contribution in [2.45, 2.75) is 59.9 Å². The van der Waals surface area contributed by atoms with Gasteiger partial charge in [0.25, 0.3) is 0 Å². The molecule has 1 aliphatic rings. The lowest BCUT2D eigenvalue weighted by Gasteiger charge is -2.62. The van der Waals surface area contributed by atoms with Crippen LogP contribution in [0, 0.1) is 19.3 Å². The molecule has 0 bridgehead atoms. The highest BCUT2D eigenvalue weighted by Gasteiger charge is 2.53. The lowest BCUT2D eigenvalue weighted by Crippen LogP contribution is -2.72. The zero-order valence-corrected chi connectivity index (χ0v) is 15.1. The average molecular weight is 306 g/mol. The van der Waals surface area contributed by atoms with Gasteiger partial charge in [0, 0.05) is 36.7 Å². The molecule has 1 aliphatic heterocycles. The number of hydrogen-bond donors (Lipinski definition) is 1. The first kappa shape index (κ1) is 16.8. The molecular weight excluding hydrogens is 276 g/mol. The Bertz CT molecular complexity index is 538. The van der Waals surface area contributed by atoms with Gasteiger partial charge in [-0.25, -0.2) is 0 Å². The lowest BCUT2D eigenvalue weighted by molar-refractivity contribution is -0.0667. The molecule has 5 nitrogen and oxygen atoms in total. The fraction of sp³-hybridized carbons (Fsp3) is 0.765. The minimum Gasteiger partial charge on any atom is -0.361 e. The molecule has 0 spiro atoms. The minimum atomic E-state index is 0.135. The Morgan fingerprint density at radius 3 is 2.45 bits per heavy atom. The second kappa shape index (κ2) is 5.94. The van der Waals surface area contributed by atoms with Gasteiger partial charge >= 0.3 is 0 Å². The van der Waals surface area contributed by atoms with Crippen molar-refractivity contribution in [3.8, 4) is 0 Å². The zero-order valence-electron chi connectivity index (χ0n) is 15.1. The van der Waals surface area contributed by atoms with Crippen molar-refractivity contribution < 1.29 is 4.52 Å². The van der Waals surface area contributed by atoms with Crippen LogP contribution in [-0.4, -0.2) is 41.7 Å². The molecule has 2 heterocycles. The van der Waals surface area contributed by atoms with Crippen molar-refractivity contribution in [1.29, 1.82) is 0 Å². The fourth-order valence-electron chi connectivity index (χ4n) is 3.02. The van der Waals surface area contributed by atoms with Crippen LogP contribution in [0.25, 0.3) is 0 Å². The molecule has 5 heteroatoms. The van der Waals surface area contributed by atoms with Gasteiger partial charge in [-0.1, -0.05) is 19.0 Å². The molecule has 0 unspecified atom stereocenters. The standard InChI is InChI=1S/C17H30N4O/c1-12-14(13(2)22-20-12)9-8-10-19-15(18-7)21-11-16(3,4)17(21,5)6/h8-11H2,1-7H3,(H,18,19). The van der Waals surface area contributed by atoms with Crippen LogP contribution in [0.1, 0.15) is 51.1 Å². The van der Waals surface area contributed by atoms with E-state index in [-0.39, 0.29) is 5.54 Å². The van der Waals surface area contributed by atoms with Crippen LogP contribution in [0.15, 0.2) is 9.52 Å². The van der Waals surface area contributed by atoms with Crippen LogP contribution in [0.2, 0.25) is 0 Å². The summed E-state index contributed by atoms with van der Waals surface area (Å²) in [5.41, 5.74) is 2.70. The summed E-state index contributed by atoms with van der Waals surface area (Å²) in [6.07, 6.45) is 2.03. The Morgan fingerprint density at radius 1 is 1.32 bits per heavy atom. The number of likely N-dealkylation sites (tertiary alicyclic amines) is 1. The molecule has 1 fully saturated rings. The first-order chi connectivity index (χ1) is 10.2. The van der Waals surface area contributed by atoms with Gasteiger partial charge in [0.15, 0.2) is 5.96 Å². The molecule has 0 amide bonds. The fourth-order valence-corrected chi connectivity index (χ4v) is 3.02. The lowest BCUT2D eigenvalue weighted by atomic mass is 9.65. The Balaban J connectivity index is 1.84. The Kier molecular flexibility index (Phi) is 4.54. The Labute approximate surface area is 134 Å². The second-order valence-electron chi connectivity index (χ2n) is 7.41. The van der Waals surface area contributed by atoms with Gasteiger partial charge in [0.2, 0.25) is 0 Å². The summed E-state index contributed by atoms with van der Waals surface area (Å²) in [4.78, 5) is 6.81. The molecule has 0 radical (unpaired) electrons. The molecule has 1 saturated heterocycles. The van der Waals surface area contributed by atoms with E-state index in [1.54, 1.807) is 0 Å². The number of nitrogens with zero attached hydrogens (tertiary/aromatic N) is 3. The molecule has 22 heavy (non-hydrogen) atoms. The summed E-state index contributed by atoms with van der Waals surface area (Å²) < 4.78 is 5.21. The smallest absolute Gasteiger partial charge is 0.194 e. The number of nitrogens with one attached hydrogen (secondary N) is 1. The van der Waals surface area contributed by atoms with E-state index in [0.717, 1.165) is 43.3 Å². The molecule has 0 aliphatic carbocycles. The number of aliphatic imine (C=N–C) groups is 1. The predicted molar refractivity (Wildman–Crippen MR) is 90.2 cm³/mol. The summed E-state index contributed by atoms with van der Waals surface area (Å²) in [5.74, 6) is 1.94. The van der Waals surface area contributed by atoms with E-state index >= 15 is 0 Å². The highest BCUT2D eigenvalue weighted by atomic mass is 16.5. The molecule has 1 aromatic heterocycles. The van der Waals surface area contributed by atoms with Crippen molar-refractivity contribution in [3.63, 3.8) is 0 Å². The van der Waals surface area contributed by atoms with Crippen LogP contribution in [0.3, 0.4) is 0 Å². The van der Waals surface area contributed by atoms with Crippen LogP contribution >= 0.6 is 0 Å². The van der Waals surface area contributed by atoms with E-state index in [2.05, 4.69) is 48.1 Å². The maximum Gasteiger partial charge on any atom is 0.194 e. The van der Waals surface area contributed by atoms with Gasteiger partial charge in [-0.3, -0.25) is 4.99 Å². The molecule has 124 valence electrons. The maximum absolute atomic E-state index is 5.21. The van der Waals surface area contributed by atoms with Crippen molar-refractivity contribution in [1.82, 2.24) is 15.4 Å². The van der Waals surface area contributed by atoms with Crippen LogP contribution in [0.4, 0.5) is 0 Å². The van der Waals surface area contributed by atoms with E-state index in [1.807, 2.05) is 20.9 Å². The average Bonchev–Trinajstić information content (AvgIpc) is 2.77. The summed E-state index contributed by atoms with van der Waals surface area (Å²) in [6, 6.07) is 0. The molecule has 1 N–H and O–H groups in total. The first-order valence-corrected chi connectivity index (χ1v) is 8.11. The van der Waals surface area contributed by atoms with Crippen molar-refractivity contribution in [3.05, 3.63) is 17.0 Å². The molecule has 0 atom stereocenters. The van der Waals surface area contributed by atoms with Gasteiger partial charge in [-0.15, -0.1) is 0 Å². The van der Waals surface area contributed by atoms with Crippen LogP contribution in [-0.2, 0) is 6.42 Å². The molecular formula is C17H30N4O. The summed E-state index contributed by atoms with van der Waals surface area (Å²) in [7, 11) is 1.86. The van der Waals surface area contributed by atoms with E-state index in [9.17, 15) is 0 Å². The molecule has 0 aromatic carbocycles. The third-order valence-corrected chi connectivity index (χ3v) is 5.42. The Morgan fingerprint density at radius 2 is 2.00 bits per heavy atom. The minimum absolute atomic E-state index is 0.135. The quantitative estimate of drug-likeness (QED) is 0.528. The van der Waals surface area contributed by atoms with E-state index in [4.69, 9.17) is 4.52 Å². The van der Waals surface area contributed by atoms with Gasteiger partial charge in [0.05, 0.1) is 5.69 Å². The summed E-state index contributed by atoms with van der Waals surface area (Å²) in [6.45, 7) is 15.1. The van der Waals surface area contributed by atoms with Gasteiger partial charge in [-0.2, -0.15) is 0 Å². The number of aromatic nitrogens is 1. The van der Waals surface area contributed by atoms with E-state index in [0.29, 0.717) is 5.41 Å². The number of guanidine groups is 1. The zero-order chi connectivity index (χ0) is 16.5. The topological polar surface area (TPSA) is 53.7 Å². The number of rotatable bonds is 4. The van der Waals surface area contributed by atoms with Crippen LogP contribution < -0.4 is 5.32 Å². The van der Waals surface area contributed by atoms with Crippen molar-refractivity contribution in [2.75, 3.05) is 20.1 Å². The number of hydrogen-bond acceptors (Lipinski definition) is 3. The molecule has 1 aromatic rings. The predicted octanol–water partition coefficient (Wildman–Crippen LogP) is 2.92. The van der Waals surface area contributed by atoms with Crippen molar-refractivity contribution in [2.24, 2.45) is 10.4 Å². The third kappa shape index (κ3) is 2.85. The van der Waals surface area contributed by atoms with Gasteiger partial charge < -0.3 is 14.7 Å². The largest absolute Gasteiger partial charge is 0.361 e. The van der Waals surface area contributed by atoms with E-state index < -0.39 is 0 Å². The maximum atomic E-state index is 5.21. The summed E-state index contributed by atoms with van der Waals surface area (Å²) in [5, 5.41) is 7.50. The van der Waals surface area contributed by atoms with Crippen molar-refractivity contribution >= 4 is 5.96 Å². The Hall–Kier alpha value is -1.52. The second-order valence-corrected chi connectivity index (χ2v) is 7.41. The summed E-state index contributed by atoms with van der Waals surface area (Å²) >= 11 is 0. The van der Waals surface area contributed by atoms with Crippen LogP contribution in [0.5, 0.6) is 0 Å². The number of aryl methyl sites for hydroxylation is 2. The monoisotopic (exact) mass is 306 g/mol. The highest BCUT2D eigenvalue weighted by molar-refractivity contribution is 5.81. The van der Waals surface area contributed by atoms with Gasteiger partial charge in [-0.05, 0) is 40.5 Å². The SMILES string of the molecule is CN=C(NCCCc1c(C)noc1C)N1CC(C)(C)C1(C)C. The third-order valence-electron chi connectivity index (χ3n) is 5.42. The van der Waals surface area contributed by atoms with E-state index in [1.165, 1.54) is 5.56 Å².